The number of fused-ring (bicyclic) bond motifs is 1. The van der Waals surface area contributed by atoms with Gasteiger partial charge < -0.3 is 15.0 Å². The number of carbonyl (C=O) groups is 2. The van der Waals surface area contributed by atoms with Gasteiger partial charge in [-0.15, -0.1) is 0 Å². The third-order valence-corrected chi connectivity index (χ3v) is 7.19. The normalized spacial score (nSPS) is 24.5. The zero-order valence-electron chi connectivity index (χ0n) is 19.0. The van der Waals surface area contributed by atoms with E-state index in [-0.39, 0.29) is 48.3 Å². The summed E-state index contributed by atoms with van der Waals surface area (Å²) in [6.45, 7) is 2.46. The molecule has 4 atom stereocenters. The molecule has 0 bridgehead atoms. The van der Waals surface area contributed by atoms with Crippen molar-refractivity contribution in [3.63, 3.8) is 0 Å². The molecule has 3 heterocycles. The van der Waals surface area contributed by atoms with E-state index in [2.05, 4.69) is 10.3 Å². The number of ether oxygens (including phenoxy) is 1. The zero-order chi connectivity index (χ0) is 24.9. The minimum absolute atomic E-state index is 0.0296. The van der Waals surface area contributed by atoms with Gasteiger partial charge in [0.2, 0.25) is 5.91 Å². The van der Waals surface area contributed by atoms with Gasteiger partial charge in [-0.1, -0.05) is 13.0 Å². The highest BCUT2D eigenvalue weighted by Crippen LogP contribution is 2.48. The van der Waals surface area contributed by atoms with Crippen molar-refractivity contribution in [3.05, 3.63) is 64.7 Å². The second kappa shape index (κ2) is 8.89. The van der Waals surface area contributed by atoms with Gasteiger partial charge in [0.05, 0.1) is 24.8 Å². The number of nitrogens with zero attached hydrogens (tertiary/aromatic N) is 2. The van der Waals surface area contributed by atoms with Crippen LogP contribution < -0.4 is 5.32 Å². The molecule has 2 aliphatic heterocycles. The number of halogens is 4. The minimum Gasteiger partial charge on any atom is -0.381 e. The number of piperidine rings is 1. The highest BCUT2D eigenvalue weighted by Gasteiger charge is 2.56. The molecule has 0 unspecified atom stereocenters. The Bertz CT molecular complexity index is 1150. The van der Waals surface area contributed by atoms with Gasteiger partial charge in [-0.2, -0.15) is 13.2 Å². The summed E-state index contributed by atoms with van der Waals surface area (Å²) in [4.78, 5) is 32.4. The van der Waals surface area contributed by atoms with Crippen molar-refractivity contribution in [2.45, 2.75) is 50.5 Å². The quantitative estimate of drug-likeness (QED) is 0.623. The number of alkyl halides is 3. The first-order valence-corrected chi connectivity index (χ1v) is 11.7. The number of hydrogen-bond acceptors (Lipinski definition) is 4. The van der Waals surface area contributed by atoms with Gasteiger partial charge in [-0.3, -0.25) is 14.6 Å². The lowest BCUT2D eigenvalue weighted by molar-refractivity contribution is -0.138. The fourth-order valence-corrected chi connectivity index (χ4v) is 5.03. The van der Waals surface area contributed by atoms with Crippen LogP contribution in [-0.4, -0.2) is 47.0 Å². The third kappa shape index (κ3) is 4.51. The van der Waals surface area contributed by atoms with E-state index in [1.165, 1.54) is 0 Å². The molecule has 10 heteroatoms. The van der Waals surface area contributed by atoms with E-state index < -0.39 is 35.5 Å². The van der Waals surface area contributed by atoms with Crippen LogP contribution in [0.3, 0.4) is 0 Å². The number of pyridine rings is 1. The zero-order valence-corrected chi connectivity index (χ0v) is 19.0. The van der Waals surface area contributed by atoms with Gasteiger partial charge in [-0.05, 0) is 55.0 Å². The minimum atomic E-state index is -4.67. The molecule has 1 aromatic heterocycles. The Morgan fingerprint density at radius 3 is 2.60 bits per heavy atom. The van der Waals surface area contributed by atoms with Crippen LogP contribution in [0.2, 0.25) is 0 Å². The Labute approximate surface area is 199 Å². The lowest BCUT2D eigenvalue weighted by Crippen LogP contribution is -2.51. The molecule has 1 saturated carbocycles. The largest absolute Gasteiger partial charge is 0.416 e. The average Bonchev–Trinajstić information content (AvgIpc) is 3.45. The van der Waals surface area contributed by atoms with E-state index in [0.29, 0.717) is 12.5 Å². The molecule has 0 radical (unpaired) electrons. The standard InChI is InChI=1S/C25H25F4N3O3/c1-2-13-5-6-30-19(7-13)24(34)32-20-8-14(20)9-21(32)23(33)31-22(15-11-35-12-15)17-4-3-16(10-18(17)26)25(27,28)29/h3-7,10,14-15,20-22H,2,8-9,11-12H2,1H3,(H,31,33)/t14-,20-,21-,22-/m1/s1. The maximum atomic E-state index is 14.8. The Morgan fingerprint density at radius 1 is 1.20 bits per heavy atom. The number of carbonyl (C=O) groups excluding carboxylic acids is 2. The van der Waals surface area contributed by atoms with Gasteiger partial charge in [0.1, 0.15) is 17.6 Å². The fourth-order valence-electron chi connectivity index (χ4n) is 5.03. The van der Waals surface area contributed by atoms with Crippen molar-refractivity contribution < 1.29 is 31.9 Å². The van der Waals surface area contributed by atoms with Gasteiger partial charge >= 0.3 is 6.18 Å². The fraction of sp³-hybridized carbons (Fsp3) is 0.480. The highest BCUT2D eigenvalue weighted by atomic mass is 19.4. The highest BCUT2D eigenvalue weighted by molar-refractivity contribution is 5.97. The average molecular weight is 491 g/mol. The van der Waals surface area contributed by atoms with Crippen molar-refractivity contribution in [2.75, 3.05) is 13.2 Å². The summed E-state index contributed by atoms with van der Waals surface area (Å²) in [5, 5.41) is 2.82. The van der Waals surface area contributed by atoms with Crippen molar-refractivity contribution in [2.24, 2.45) is 11.8 Å². The third-order valence-electron chi connectivity index (χ3n) is 7.19. The first kappa shape index (κ1) is 23.7. The second-order valence-electron chi connectivity index (χ2n) is 9.45. The van der Waals surface area contributed by atoms with Crippen molar-refractivity contribution in [1.29, 1.82) is 0 Å². The number of benzene rings is 1. The molecule has 2 aromatic rings. The molecule has 6 nitrogen and oxygen atoms in total. The molecule has 1 aliphatic carbocycles. The van der Waals surface area contributed by atoms with Crippen LogP contribution in [0.5, 0.6) is 0 Å². The number of aromatic nitrogens is 1. The predicted octanol–water partition coefficient (Wildman–Crippen LogP) is 3.91. The van der Waals surface area contributed by atoms with Gasteiger partial charge in [0.15, 0.2) is 0 Å². The summed E-state index contributed by atoms with van der Waals surface area (Å²) < 4.78 is 59.0. The van der Waals surface area contributed by atoms with Crippen LogP contribution in [0.15, 0.2) is 36.5 Å². The van der Waals surface area contributed by atoms with E-state index in [9.17, 15) is 27.2 Å². The van der Waals surface area contributed by atoms with E-state index in [1.807, 2.05) is 13.0 Å². The van der Waals surface area contributed by atoms with Gasteiger partial charge in [-0.25, -0.2) is 4.39 Å². The SMILES string of the molecule is CCc1ccnc(C(=O)N2[C@@H](C(=O)N[C@@H](c3ccc(C(F)(F)F)cc3F)C3COC3)C[C@H]3C[C@H]32)c1. The van der Waals surface area contributed by atoms with Crippen molar-refractivity contribution in [3.8, 4) is 0 Å². The smallest absolute Gasteiger partial charge is 0.381 e. The molecule has 2 saturated heterocycles. The maximum absolute atomic E-state index is 14.8. The van der Waals surface area contributed by atoms with E-state index in [4.69, 9.17) is 4.74 Å². The number of hydrogen-bond donors (Lipinski definition) is 1. The van der Waals surface area contributed by atoms with Crippen molar-refractivity contribution >= 4 is 11.8 Å². The molecule has 0 spiro atoms. The Hall–Kier alpha value is -3.01. The molecule has 35 heavy (non-hydrogen) atoms. The molecule has 2 amide bonds. The van der Waals surface area contributed by atoms with Gasteiger partial charge in [0.25, 0.3) is 5.91 Å². The first-order valence-electron chi connectivity index (χ1n) is 11.7. The lowest BCUT2D eigenvalue weighted by atomic mass is 9.90. The van der Waals surface area contributed by atoms with Crippen LogP contribution >= 0.6 is 0 Å². The van der Waals surface area contributed by atoms with Crippen LogP contribution in [0, 0.1) is 17.7 Å². The maximum Gasteiger partial charge on any atom is 0.416 e. The number of rotatable bonds is 6. The molecule has 3 aliphatic rings. The number of amides is 2. The first-order chi connectivity index (χ1) is 16.7. The topological polar surface area (TPSA) is 71.5 Å². The Morgan fingerprint density at radius 2 is 1.97 bits per heavy atom. The summed E-state index contributed by atoms with van der Waals surface area (Å²) in [5.41, 5.74) is 0.104. The summed E-state index contributed by atoms with van der Waals surface area (Å²) in [6.07, 6.45) is -1.06. The molecule has 186 valence electrons. The van der Waals surface area contributed by atoms with Crippen LogP contribution in [-0.2, 0) is 22.1 Å². The van der Waals surface area contributed by atoms with Crippen molar-refractivity contribution in [1.82, 2.24) is 15.2 Å². The molecule has 1 N–H and O–H groups in total. The number of aryl methyl sites for hydroxylation is 1. The molecular weight excluding hydrogens is 466 g/mol. The van der Waals surface area contributed by atoms with Crippen LogP contribution in [0.4, 0.5) is 17.6 Å². The summed E-state index contributed by atoms with van der Waals surface area (Å²) in [6, 6.07) is 4.21. The monoisotopic (exact) mass is 491 g/mol. The van der Waals surface area contributed by atoms with E-state index >= 15 is 0 Å². The summed E-state index contributed by atoms with van der Waals surface area (Å²) >= 11 is 0. The molecule has 5 rings (SSSR count). The lowest BCUT2D eigenvalue weighted by Gasteiger charge is -2.36. The van der Waals surface area contributed by atoms with E-state index in [1.54, 1.807) is 17.2 Å². The molecule has 1 aromatic carbocycles. The summed E-state index contributed by atoms with van der Waals surface area (Å²) in [5.74, 6) is -1.88. The van der Waals surface area contributed by atoms with Crippen LogP contribution in [0.1, 0.15) is 53.0 Å². The molecule has 3 fully saturated rings. The second-order valence-corrected chi connectivity index (χ2v) is 9.45. The number of likely N-dealkylation sites (tertiary alicyclic amines) is 1. The molecular formula is C25H25F4N3O3. The van der Waals surface area contributed by atoms with E-state index in [0.717, 1.165) is 30.5 Å². The number of nitrogens with one attached hydrogen (secondary N) is 1. The Balaban J connectivity index is 1.38. The van der Waals surface area contributed by atoms with Crippen LogP contribution in [0.25, 0.3) is 0 Å². The summed E-state index contributed by atoms with van der Waals surface area (Å²) in [7, 11) is 0. The Kier molecular flexibility index (Phi) is 6.03. The predicted molar refractivity (Wildman–Crippen MR) is 117 cm³/mol. The van der Waals surface area contributed by atoms with Gasteiger partial charge in [0, 0.05) is 23.7 Å².